The van der Waals surface area contributed by atoms with Gasteiger partial charge >= 0.3 is 0 Å². The van der Waals surface area contributed by atoms with E-state index in [0.717, 1.165) is 21.5 Å². The summed E-state index contributed by atoms with van der Waals surface area (Å²) < 4.78 is 6.78. The van der Waals surface area contributed by atoms with Crippen LogP contribution in [0.3, 0.4) is 0 Å². The van der Waals surface area contributed by atoms with Crippen molar-refractivity contribution in [2.75, 3.05) is 0 Å². The predicted octanol–water partition coefficient (Wildman–Crippen LogP) is 3.75. The van der Waals surface area contributed by atoms with E-state index in [1.807, 2.05) is 38.1 Å². The highest BCUT2D eigenvalue weighted by molar-refractivity contribution is 9.10. The first-order valence-corrected chi connectivity index (χ1v) is 6.95. The third-order valence-corrected chi connectivity index (χ3v) is 3.29. The van der Waals surface area contributed by atoms with E-state index < -0.39 is 0 Å². The number of rotatable bonds is 4. The number of pyridine rings is 1. The summed E-state index contributed by atoms with van der Waals surface area (Å²) in [6.45, 7) is 4.45. The van der Waals surface area contributed by atoms with Crippen LogP contribution in [-0.2, 0) is 6.61 Å². The molecular formula is C15H17BrN2O. The van der Waals surface area contributed by atoms with E-state index in [2.05, 4.69) is 27.0 Å². The van der Waals surface area contributed by atoms with Gasteiger partial charge in [-0.15, -0.1) is 0 Å². The second-order valence-electron chi connectivity index (χ2n) is 4.59. The zero-order valence-electron chi connectivity index (χ0n) is 11.1. The first kappa shape index (κ1) is 14.0. The maximum absolute atomic E-state index is 5.97. The van der Waals surface area contributed by atoms with Gasteiger partial charge in [-0.2, -0.15) is 0 Å². The van der Waals surface area contributed by atoms with Gasteiger partial charge in [-0.05, 0) is 48.0 Å². The minimum atomic E-state index is -0.0484. The van der Waals surface area contributed by atoms with Gasteiger partial charge in [0.15, 0.2) is 0 Å². The van der Waals surface area contributed by atoms with E-state index >= 15 is 0 Å². The second kappa shape index (κ2) is 6.17. The SMILES string of the molecule is Cc1ccc(OCc2ccc(Br)cn2)c(C(C)N)c1. The summed E-state index contributed by atoms with van der Waals surface area (Å²) >= 11 is 3.36. The quantitative estimate of drug-likeness (QED) is 0.933. The first-order chi connectivity index (χ1) is 9.06. The number of halogens is 1. The lowest BCUT2D eigenvalue weighted by Crippen LogP contribution is -2.08. The summed E-state index contributed by atoms with van der Waals surface area (Å²) in [5.41, 5.74) is 9.07. The molecule has 0 radical (unpaired) electrons. The monoisotopic (exact) mass is 320 g/mol. The smallest absolute Gasteiger partial charge is 0.130 e. The molecule has 1 aromatic carbocycles. The van der Waals surface area contributed by atoms with Gasteiger partial charge in [-0.3, -0.25) is 4.98 Å². The van der Waals surface area contributed by atoms with Crippen molar-refractivity contribution in [3.63, 3.8) is 0 Å². The van der Waals surface area contributed by atoms with Crippen LogP contribution >= 0.6 is 15.9 Å². The van der Waals surface area contributed by atoms with E-state index in [0.29, 0.717) is 6.61 Å². The summed E-state index contributed by atoms with van der Waals surface area (Å²) in [6.07, 6.45) is 1.76. The van der Waals surface area contributed by atoms with Gasteiger partial charge in [0, 0.05) is 22.3 Å². The second-order valence-corrected chi connectivity index (χ2v) is 5.50. The maximum Gasteiger partial charge on any atom is 0.130 e. The molecule has 4 heteroatoms. The Labute approximate surface area is 121 Å². The molecule has 0 fully saturated rings. The molecule has 1 heterocycles. The van der Waals surface area contributed by atoms with Gasteiger partial charge in [0.25, 0.3) is 0 Å². The summed E-state index contributed by atoms with van der Waals surface area (Å²) in [6, 6.07) is 9.89. The number of aryl methyl sites for hydroxylation is 1. The number of ether oxygens (including phenoxy) is 1. The van der Waals surface area contributed by atoms with Crippen molar-refractivity contribution in [3.8, 4) is 5.75 Å². The van der Waals surface area contributed by atoms with E-state index in [9.17, 15) is 0 Å². The molecule has 19 heavy (non-hydrogen) atoms. The van der Waals surface area contributed by atoms with Gasteiger partial charge in [0.2, 0.25) is 0 Å². The van der Waals surface area contributed by atoms with E-state index in [1.54, 1.807) is 6.20 Å². The largest absolute Gasteiger partial charge is 0.487 e. The summed E-state index contributed by atoms with van der Waals surface area (Å²) in [4.78, 5) is 4.28. The minimum Gasteiger partial charge on any atom is -0.487 e. The molecule has 3 nitrogen and oxygen atoms in total. The van der Waals surface area contributed by atoms with Gasteiger partial charge in [-0.1, -0.05) is 17.7 Å². The number of hydrogen-bond acceptors (Lipinski definition) is 3. The Morgan fingerprint density at radius 1 is 1.32 bits per heavy atom. The van der Waals surface area contributed by atoms with Crippen LogP contribution in [0.1, 0.15) is 29.8 Å². The van der Waals surface area contributed by atoms with Crippen molar-refractivity contribution in [1.29, 1.82) is 0 Å². The minimum absolute atomic E-state index is 0.0484. The lowest BCUT2D eigenvalue weighted by molar-refractivity contribution is 0.296. The predicted molar refractivity (Wildman–Crippen MR) is 80.1 cm³/mol. The normalized spacial score (nSPS) is 12.2. The average molecular weight is 321 g/mol. The molecule has 0 aliphatic heterocycles. The molecule has 0 aliphatic rings. The van der Waals surface area contributed by atoms with Crippen molar-refractivity contribution in [1.82, 2.24) is 4.98 Å². The van der Waals surface area contributed by atoms with Gasteiger partial charge in [-0.25, -0.2) is 0 Å². The summed E-state index contributed by atoms with van der Waals surface area (Å²) in [5.74, 6) is 0.824. The third-order valence-electron chi connectivity index (χ3n) is 2.82. The van der Waals surface area contributed by atoms with E-state index in [4.69, 9.17) is 10.5 Å². The van der Waals surface area contributed by atoms with Crippen LogP contribution in [0.25, 0.3) is 0 Å². The zero-order chi connectivity index (χ0) is 13.8. The lowest BCUT2D eigenvalue weighted by atomic mass is 10.1. The topological polar surface area (TPSA) is 48.1 Å². The van der Waals surface area contributed by atoms with Crippen LogP contribution in [0.2, 0.25) is 0 Å². The van der Waals surface area contributed by atoms with Crippen LogP contribution in [0, 0.1) is 6.92 Å². The Morgan fingerprint density at radius 2 is 2.11 bits per heavy atom. The number of aromatic nitrogens is 1. The van der Waals surface area contributed by atoms with Crippen LogP contribution in [0.5, 0.6) is 5.75 Å². The number of nitrogens with two attached hydrogens (primary N) is 1. The molecule has 0 saturated carbocycles. The highest BCUT2D eigenvalue weighted by Crippen LogP contribution is 2.25. The molecule has 1 atom stereocenters. The molecule has 2 aromatic rings. The summed E-state index contributed by atoms with van der Waals surface area (Å²) in [5, 5.41) is 0. The molecule has 1 aromatic heterocycles. The fourth-order valence-corrected chi connectivity index (χ4v) is 2.03. The van der Waals surface area contributed by atoms with Gasteiger partial charge in [0.1, 0.15) is 12.4 Å². The molecule has 0 amide bonds. The fraction of sp³-hybridized carbons (Fsp3) is 0.267. The summed E-state index contributed by atoms with van der Waals surface area (Å²) in [7, 11) is 0. The molecular weight excluding hydrogens is 304 g/mol. The standard InChI is InChI=1S/C15H17BrN2O/c1-10-3-6-15(14(7-10)11(2)17)19-9-13-5-4-12(16)8-18-13/h3-8,11H,9,17H2,1-2H3. The Balaban J connectivity index is 2.13. The van der Waals surface area contributed by atoms with Crippen molar-refractivity contribution in [2.45, 2.75) is 26.5 Å². The van der Waals surface area contributed by atoms with E-state index in [-0.39, 0.29) is 6.04 Å². The highest BCUT2D eigenvalue weighted by Gasteiger charge is 2.08. The van der Waals surface area contributed by atoms with Crippen molar-refractivity contribution in [3.05, 3.63) is 57.8 Å². The maximum atomic E-state index is 5.97. The molecule has 2 rings (SSSR count). The Kier molecular flexibility index (Phi) is 4.56. The van der Waals surface area contributed by atoms with E-state index in [1.165, 1.54) is 5.56 Å². The number of hydrogen-bond donors (Lipinski definition) is 1. The Hall–Kier alpha value is -1.39. The van der Waals surface area contributed by atoms with Gasteiger partial charge in [0.05, 0.1) is 5.69 Å². The van der Waals surface area contributed by atoms with Crippen molar-refractivity contribution < 1.29 is 4.74 Å². The Bertz CT molecular complexity index is 553. The third kappa shape index (κ3) is 3.78. The zero-order valence-corrected chi connectivity index (χ0v) is 12.6. The van der Waals surface area contributed by atoms with Crippen LogP contribution < -0.4 is 10.5 Å². The average Bonchev–Trinajstić information content (AvgIpc) is 2.39. The van der Waals surface area contributed by atoms with Crippen LogP contribution in [0.15, 0.2) is 41.0 Å². The van der Waals surface area contributed by atoms with Crippen molar-refractivity contribution in [2.24, 2.45) is 5.73 Å². The van der Waals surface area contributed by atoms with Crippen LogP contribution in [-0.4, -0.2) is 4.98 Å². The highest BCUT2D eigenvalue weighted by atomic mass is 79.9. The fourth-order valence-electron chi connectivity index (χ4n) is 1.80. The molecule has 0 spiro atoms. The van der Waals surface area contributed by atoms with Crippen LogP contribution in [0.4, 0.5) is 0 Å². The number of benzene rings is 1. The Morgan fingerprint density at radius 3 is 2.74 bits per heavy atom. The molecule has 0 aliphatic carbocycles. The molecule has 1 unspecified atom stereocenters. The van der Waals surface area contributed by atoms with Crippen molar-refractivity contribution >= 4 is 15.9 Å². The molecule has 0 bridgehead atoms. The number of nitrogens with zero attached hydrogens (tertiary/aromatic N) is 1. The first-order valence-electron chi connectivity index (χ1n) is 6.15. The van der Waals surface area contributed by atoms with Gasteiger partial charge < -0.3 is 10.5 Å². The molecule has 2 N–H and O–H groups in total. The lowest BCUT2D eigenvalue weighted by Gasteiger charge is -2.14. The molecule has 100 valence electrons. The molecule has 0 saturated heterocycles.